The lowest BCUT2D eigenvalue weighted by molar-refractivity contribution is 0.660. The molecule has 7 aromatic rings. The van der Waals surface area contributed by atoms with Gasteiger partial charge in [-0.05, 0) is 104 Å². The molecule has 0 saturated carbocycles. The Bertz CT molecular complexity index is 2140. The van der Waals surface area contributed by atoms with Crippen LogP contribution in [-0.2, 0) is 5.41 Å². The van der Waals surface area contributed by atoms with Gasteiger partial charge in [0.25, 0.3) is 0 Å². The van der Waals surface area contributed by atoms with E-state index < -0.39 is 0 Å². The third kappa shape index (κ3) is 4.91. The van der Waals surface area contributed by atoms with E-state index in [1.807, 2.05) is 0 Å². The molecule has 7 aromatic carbocycles. The van der Waals surface area contributed by atoms with Gasteiger partial charge < -0.3 is 4.90 Å². The van der Waals surface area contributed by atoms with E-state index in [1.165, 1.54) is 55.6 Å². The summed E-state index contributed by atoms with van der Waals surface area (Å²) >= 11 is 0. The number of anilines is 3. The molecule has 46 heavy (non-hydrogen) atoms. The van der Waals surface area contributed by atoms with E-state index in [4.69, 9.17) is 0 Å². The monoisotopic (exact) mass is 589 g/mol. The standard InChI is InChI=1S/C45H35N/c1-45(2)43-19-10-9-18-41(43)42-31-37(24-29-44(42)45)36-15-11-14-35(30-36)34-22-27-40(28-23-34)46(38-16-7-4-8-17-38)39-25-20-33(21-26-39)32-12-5-3-6-13-32/h3-31H,1-2H3. The normalized spacial score (nSPS) is 12.7. The zero-order valence-corrected chi connectivity index (χ0v) is 26.2. The molecule has 0 N–H and O–H groups in total. The number of fused-ring (bicyclic) bond motifs is 3. The Labute approximate surface area is 272 Å². The predicted octanol–water partition coefficient (Wildman–Crippen LogP) is 12.5. The lowest BCUT2D eigenvalue weighted by Crippen LogP contribution is -2.14. The van der Waals surface area contributed by atoms with Gasteiger partial charge in [0.05, 0.1) is 0 Å². The van der Waals surface area contributed by atoms with Crippen molar-refractivity contribution in [3.05, 3.63) is 187 Å². The maximum atomic E-state index is 2.38. The zero-order valence-electron chi connectivity index (χ0n) is 26.2. The van der Waals surface area contributed by atoms with Crippen molar-refractivity contribution in [2.24, 2.45) is 0 Å². The second-order valence-corrected chi connectivity index (χ2v) is 12.6. The summed E-state index contributed by atoms with van der Waals surface area (Å²) in [5.74, 6) is 0. The van der Waals surface area contributed by atoms with E-state index in [9.17, 15) is 0 Å². The Balaban J connectivity index is 1.11. The molecule has 1 aliphatic carbocycles. The molecule has 1 aliphatic rings. The summed E-state index contributed by atoms with van der Waals surface area (Å²) in [7, 11) is 0. The first-order chi connectivity index (χ1) is 22.6. The van der Waals surface area contributed by atoms with Crippen LogP contribution in [0, 0.1) is 0 Å². The van der Waals surface area contributed by atoms with Crippen molar-refractivity contribution in [3.63, 3.8) is 0 Å². The van der Waals surface area contributed by atoms with Crippen molar-refractivity contribution >= 4 is 17.1 Å². The lowest BCUT2D eigenvalue weighted by Gasteiger charge is -2.26. The molecule has 0 atom stereocenters. The minimum absolute atomic E-state index is 0.0195. The highest BCUT2D eigenvalue weighted by molar-refractivity contribution is 5.86. The first-order valence-electron chi connectivity index (χ1n) is 16.0. The third-order valence-electron chi connectivity index (χ3n) is 9.49. The molecule has 0 saturated heterocycles. The van der Waals surface area contributed by atoms with Crippen LogP contribution in [0.1, 0.15) is 25.0 Å². The third-order valence-corrected chi connectivity index (χ3v) is 9.49. The van der Waals surface area contributed by atoms with Gasteiger partial charge in [-0.3, -0.25) is 0 Å². The minimum Gasteiger partial charge on any atom is -0.311 e. The molecule has 0 fully saturated rings. The van der Waals surface area contributed by atoms with E-state index in [0.717, 1.165) is 17.1 Å². The predicted molar refractivity (Wildman–Crippen MR) is 195 cm³/mol. The smallest absolute Gasteiger partial charge is 0.0462 e. The van der Waals surface area contributed by atoms with E-state index in [1.54, 1.807) is 0 Å². The topological polar surface area (TPSA) is 3.24 Å². The molecule has 220 valence electrons. The molecule has 1 nitrogen and oxygen atoms in total. The van der Waals surface area contributed by atoms with E-state index in [2.05, 4.69) is 195 Å². The van der Waals surface area contributed by atoms with Crippen LogP contribution >= 0.6 is 0 Å². The van der Waals surface area contributed by atoms with Gasteiger partial charge >= 0.3 is 0 Å². The summed E-state index contributed by atoms with van der Waals surface area (Å²) in [6, 6.07) is 63.7. The largest absolute Gasteiger partial charge is 0.311 e. The van der Waals surface area contributed by atoms with Crippen molar-refractivity contribution in [1.29, 1.82) is 0 Å². The summed E-state index contributed by atoms with van der Waals surface area (Å²) in [6.07, 6.45) is 0. The fourth-order valence-corrected chi connectivity index (χ4v) is 7.04. The molecule has 8 rings (SSSR count). The van der Waals surface area contributed by atoms with Gasteiger partial charge in [0.2, 0.25) is 0 Å². The number of nitrogens with zero attached hydrogens (tertiary/aromatic N) is 1. The molecule has 0 bridgehead atoms. The fourth-order valence-electron chi connectivity index (χ4n) is 7.04. The van der Waals surface area contributed by atoms with Gasteiger partial charge in [-0.1, -0.05) is 141 Å². The highest BCUT2D eigenvalue weighted by Gasteiger charge is 2.35. The number of hydrogen-bond acceptors (Lipinski definition) is 1. The highest BCUT2D eigenvalue weighted by Crippen LogP contribution is 2.49. The van der Waals surface area contributed by atoms with Gasteiger partial charge in [0, 0.05) is 22.5 Å². The second kappa shape index (κ2) is 11.4. The van der Waals surface area contributed by atoms with Crippen LogP contribution in [0.15, 0.2) is 176 Å². The van der Waals surface area contributed by atoms with Gasteiger partial charge in [-0.2, -0.15) is 0 Å². The van der Waals surface area contributed by atoms with Crippen LogP contribution in [0.2, 0.25) is 0 Å². The molecule has 1 heteroatoms. The van der Waals surface area contributed by atoms with E-state index in [0.29, 0.717) is 0 Å². The lowest BCUT2D eigenvalue weighted by atomic mass is 9.82. The van der Waals surface area contributed by atoms with Crippen molar-refractivity contribution in [2.45, 2.75) is 19.3 Å². The molecule has 0 radical (unpaired) electrons. The number of para-hydroxylation sites is 1. The average Bonchev–Trinajstić information content (AvgIpc) is 3.35. The van der Waals surface area contributed by atoms with Gasteiger partial charge in [0.1, 0.15) is 0 Å². The summed E-state index contributed by atoms with van der Waals surface area (Å²) in [5.41, 5.74) is 16.3. The Morgan fingerprint density at radius 3 is 1.43 bits per heavy atom. The van der Waals surface area contributed by atoms with Gasteiger partial charge in [0.15, 0.2) is 0 Å². The summed E-state index contributed by atoms with van der Waals surface area (Å²) in [5, 5.41) is 0. The molecule has 0 unspecified atom stereocenters. The molecular weight excluding hydrogens is 555 g/mol. The first-order valence-corrected chi connectivity index (χ1v) is 16.0. The maximum Gasteiger partial charge on any atom is 0.0462 e. The Morgan fingerprint density at radius 1 is 0.326 bits per heavy atom. The Morgan fingerprint density at radius 2 is 0.761 bits per heavy atom. The van der Waals surface area contributed by atoms with Crippen LogP contribution in [0.5, 0.6) is 0 Å². The Hall–Kier alpha value is -5.66. The summed E-state index contributed by atoms with van der Waals surface area (Å²) < 4.78 is 0. The van der Waals surface area contributed by atoms with Crippen molar-refractivity contribution in [2.75, 3.05) is 4.90 Å². The SMILES string of the molecule is CC1(C)c2ccccc2-c2cc(-c3cccc(-c4ccc(N(c5ccccc5)c5ccc(-c6ccccc6)cc5)cc4)c3)ccc21. The maximum absolute atomic E-state index is 2.38. The minimum atomic E-state index is 0.0195. The molecule has 0 aromatic heterocycles. The quantitative estimate of drug-likeness (QED) is 0.186. The zero-order chi connectivity index (χ0) is 31.1. The van der Waals surface area contributed by atoms with Gasteiger partial charge in [-0.15, -0.1) is 0 Å². The van der Waals surface area contributed by atoms with E-state index >= 15 is 0 Å². The molecule has 0 spiro atoms. The van der Waals surface area contributed by atoms with Crippen LogP contribution in [0.3, 0.4) is 0 Å². The fraction of sp³-hybridized carbons (Fsp3) is 0.0667. The molecule has 0 heterocycles. The second-order valence-electron chi connectivity index (χ2n) is 12.6. The van der Waals surface area contributed by atoms with Crippen molar-refractivity contribution in [1.82, 2.24) is 0 Å². The van der Waals surface area contributed by atoms with E-state index in [-0.39, 0.29) is 5.41 Å². The molecule has 0 amide bonds. The van der Waals surface area contributed by atoms with Crippen LogP contribution < -0.4 is 4.90 Å². The van der Waals surface area contributed by atoms with Gasteiger partial charge in [-0.25, -0.2) is 0 Å². The summed E-state index contributed by atoms with van der Waals surface area (Å²) in [6.45, 7) is 4.67. The van der Waals surface area contributed by atoms with Crippen LogP contribution in [-0.4, -0.2) is 0 Å². The Kier molecular flexibility index (Phi) is 6.88. The highest BCUT2D eigenvalue weighted by atomic mass is 15.1. The average molecular weight is 590 g/mol. The summed E-state index contributed by atoms with van der Waals surface area (Å²) in [4.78, 5) is 2.32. The number of rotatable bonds is 6. The molecular formula is C45H35N. The van der Waals surface area contributed by atoms with Crippen LogP contribution in [0.25, 0.3) is 44.5 Å². The number of benzene rings is 7. The first kappa shape index (κ1) is 27.9. The molecule has 0 aliphatic heterocycles. The number of hydrogen-bond donors (Lipinski definition) is 0. The van der Waals surface area contributed by atoms with Crippen molar-refractivity contribution in [3.8, 4) is 44.5 Å². The van der Waals surface area contributed by atoms with Crippen molar-refractivity contribution < 1.29 is 0 Å². The van der Waals surface area contributed by atoms with Crippen LogP contribution in [0.4, 0.5) is 17.1 Å².